The molecule has 0 spiro atoms. The van der Waals surface area contributed by atoms with Crippen molar-refractivity contribution in [1.82, 2.24) is 20.2 Å². The van der Waals surface area contributed by atoms with Crippen molar-refractivity contribution < 1.29 is 13.2 Å². The van der Waals surface area contributed by atoms with Crippen LogP contribution in [0.25, 0.3) is 11.4 Å². The summed E-state index contributed by atoms with van der Waals surface area (Å²) in [5.41, 5.74) is 6.34. The molecule has 1 aromatic heterocycles. The van der Waals surface area contributed by atoms with Gasteiger partial charge in [0.05, 0.1) is 23.7 Å². The fourth-order valence-corrected chi connectivity index (χ4v) is 1.71. The molecule has 5 nitrogen and oxygen atoms in total. The zero-order valence-electron chi connectivity index (χ0n) is 9.52. The second kappa shape index (κ2) is 5.04. The van der Waals surface area contributed by atoms with Gasteiger partial charge in [-0.25, -0.2) is 4.68 Å². The summed E-state index contributed by atoms with van der Waals surface area (Å²) >= 11 is 5.99. The number of aryl methyl sites for hydroxylation is 1. The Kier molecular flexibility index (Phi) is 3.61. The van der Waals surface area contributed by atoms with Gasteiger partial charge in [0.25, 0.3) is 0 Å². The van der Waals surface area contributed by atoms with Crippen LogP contribution in [-0.4, -0.2) is 26.4 Å². The molecule has 0 saturated carbocycles. The van der Waals surface area contributed by atoms with E-state index in [1.165, 1.54) is 0 Å². The van der Waals surface area contributed by atoms with Gasteiger partial charge in [-0.3, -0.25) is 0 Å². The van der Waals surface area contributed by atoms with Gasteiger partial charge in [-0.05, 0) is 22.6 Å². The van der Waals surface area contributed by atoms with E-state index in [-0.39, 0.29) is 17.4 Å². The van der Waals surface area contributed by atoms with Crippen LogP contribution in [0, 0.1) is 0 Å². The number of tetrazole rings is 1. The highest BCUT2D eigenvalue weighted by Crippen LogP contribution is 2.31. The molecule has 2 rings (SSSR count). The van der Waals surface area contributed by atoms with Crippen molar-refractivity contribution in [2.24, 2.45) is 0 Å². The molecule has 0 radical (unpaired) electrons. The lowest BCUT2D eigenvalue weighted by atomic mass is 10.2. The third-order valence-corrected chi connectivity index (χ3v) is 2.83. The predicted molar refractivity (Wildman–Crippen MR) is 63.3 cm³/mol. The van der Waals surface area contributed by atoms with Gasteiger partial charge < -0.3 is 5.73 Å². The quantitative estimate of drug-likeness (QED) is 0.882. The second-order valence-corrected chi connectivity index (χ2v) is 4.18. The lowest BCUT2D eigenvalue weighted by Crippen LogP contribution is -2.14. The number of hydrogen-bond donors (Lipinski definition) is 1. The second-order valence-electron chi connectivity index (χ2n) is 3.80. The van der Waals surface area contributed by atoms with Crippen LogP contribution >= 0.6 is 11.6 Å². The number of nitrogens with two attached hydrogens (primary N) is 1. The number of nitrogens with zero attached hydrogens (tertiary/aromatic N) is 4. The molecule has 0 saturated heterocycles. The van der Waals surface area contributed by atoms with Gasteiger partial charge in [0.2, 0.25) is 0 Å². The number of halogens is 4. The van der Waals surface area contributed by atoms with E-state index in [9.17, 15) is 13.2 Å². The molecule has 1 heterocycles. The van der Waals surface area contributed by atoms with E-state index in [2.05, 4.69) is 15.5 Å². The third-order valence-electron chi connectivity index (χ3n) is 2.41. The number of alkyl halides is 3. The van der Waals surface area contributed by atoms with E-state index < -0.39 is 12.6 Å². The first-order valence-corrected chi connectivity index (χ1v) is 5.63. The first-order chi connectivity index (χ1) is 8.88. The molecule has 0 aliphatic carbocycles. The molecule has 0 atom stereocenters. The summed E-state index contributed by atoms with van der Waals surface area (Å²) in [4.78, 5) is 0. The number of rotatable bonds is 3. The van der Waals surface area contributed by atoms with Gasteiger partial charge in [0.15, 0.2) is 5.82 Å². The number of aromatic nitrogens is 4. The molecule has 0 aliphatic heterocycles. The number of nitrogen functional groups attached to an aromatic ring is 1. The maximum absolute atomic E-state index is 12.2. The Morgan fingerprint density at radius 1 is 1.32 bits per heavy atom. The fourth-order valence-electron chi connectivity index (χ4n) is 1.50. The fraction of sp³-hybridized carbons (Fsp3) is 0.300. The monoisotopic (exact) mass is 291 g/mol. The Balaban J connectivity index is 2.31. The molecular weight excluding hydrogens is 283 g/mol. The highest BCUT2D eigenvalue weighted by atomic mass is 35.5. The van der Waals surface area contributed by atoms with Crippen molar-refractivity contribution in [2.75, 3.05) is 5.73 Å². The molecular formula is C10H9ClF3N5. The molecule has 0 fully saturated rings. The Labute approximate surface area is 111 Å². The van der Waals surface area contributed by atoms with Crippen LogP contribution in [-0.2, 0) is 6.54 Å². The van der Waals surface area contributed by atoms with Crippen molar-refractivity contribution in [3.8, 4) is 11.4 Å². The molecule has 2 N–H and O–H groups in total. The van der Waals surface area contributed by atoms with Gasteiger partial charge >= 0.3 is 6.18 Å². The van der Waals surface area contributed by atoms with Crippen molar-refractivity contribution in [3.05, 3.63) is 23.2 Å². The van der Waals surface area contributed by atoms with Crippen LogP contribution in [0.2, 0.25) is 5.02 Å². The van der Waals surface area contributed by atoms with Gasteiger partial charge in [-0.2, -0.15) is 13.2 Å². The van der Waals surface area contributed by atoms with Gasteiger partial charge in [-0.1, -0.05) is 17.7 Å². The summed E-state index contributed by atoms with van der Waals surface area (Å²) in [5, 5.41) is 10.8. The molecule has 0 amide bonds. The van der Waals surface area contributed by atoms with Crippen LogP contribution in [0.15, 0.2) is 18.2 Å². The molecule has 1 aromatic carbocycles. The van der Waals surface area contributed by atoms with E-state index in [4.69, 9.17) is 17.3 Å². The van der Waals surface area contributed by atoms with Gasteiger partial charge in [0, 0.05) is 5.56 Å². The first kappa shape index (κ1) is 13.6. The Bertz CT molecular complexity index is 581. The van der Waals surface area contributed by atoms with E-state index in [1.807, 2.05) is 0 Å². The Morgan fingerprint density at radius 2 is 2.05 bits per heavy atom. The normalized spacial score (nSPS) is 11.8. The average molecular weight is 292 g/mol. The number of hydrogen-bond acceptors (Lipinski definition) is 4. The minimum atomic E-state index is -4.28. The smallest absolute Gasteiger partial charge is 0.390 e. The highest BCUT2D eigenvalue weighted by molar-refractivity contribution is 6.35. The number of anilines is 1. The minimum absolute atomic E-state index is 0.154. The Hall–Kier alpha value is -1.83. The Morgan fingerprint density at radius 3 is 2.74 bits per heavy atom. The van der Waals surface area contributed by atoms with Crippen molar-refractivity contribution in [3.63, 3.8) is 0 Å². The van der Waals surface area contributed by atoms with Crippen molar-refractivity contribution in [1.29, 1.82) is 0 Å². The summed E-state index contributed by atoms with van der Waals surface area (Å²) < 4.78 is 37.6. The maximum atomic E-state index is 12.2. The van der Waals surface area contributed by atoms with E-state index in [0.717, 1.165) is 4.68 Å². The molecule has 0 unspecified atom stereocenters. The lowest BCUT2D eigenvalue weighted by molar-refractivity contribution is -0.137. The van der Waals surface area contributed by atoms with Crippen molar-refractivity contribution >= 4 is 17.3 Å². The highest BCUT2D eigenvalue weighted by Gasteiger charge is 2.28. The molecule has 0 bridgehead atoms. The largest absolute Gasteiger partial charge is 0.398 e. The zero-order chi connectivity index (χ0) is 14.0. The summed E-state index contributed by atoms with van der Waals surface area (Å²) in [6.07, 6.45) is -5.30. The molecule has 0 aliphatic rings. The van der Waals surface area contributed by atoms with Gasteiger partial charge in [-0.15, -0.1) is 5.10 Å². The standard InChI is InChI=1S/C10H9ClF3N5/c11-8-6(2-1-3-7(8)15)9-16-17-18-19(9)5-4-10(12,13)14/h1-3H,4-5,15H2. The third kappa shape index (κ3) is 3.14. The van der Waals surface area contributed by atoms with E-state index in [1.54, 1.807) is 18.2 Å². The predicted octanol–water partition coefficient (Wildman–Crippen LogP) is 2.53. The summed E-state index contributed by atoms with van der Waals surface area (Å²) in [5.74, 6) is 0.154. The van der Waals surface area contributed by atoms with Crippen LogP contribution in [0.5, 0.6) is 0 Å². The minimum Gasteiger partial charge on any atom is -0.398 e. The van der Waals surface area contributed by atoms with E-state index in [0.29, 0.717) is 11.3 Å². The SMILES string of the molecule is Nc1cccc(-c2nnnn2CCC(F)(F)F)c1Cl. The molecule has 9 heteroatoms. The van der Waals surface area contributed by atoms with Crippen molar-refractivity contribution in [2.45, 2.75) is 19.1 Å². The van der Waals surface area contributed by atoms with Crippen LogP contribution in [0.1, 0.15) is 6.42 Å². The molecule has 102 valence electrons. The first-order valence-electron chi connectivity index (χ1n) is 5.26. The molecule has 2 aromatic rings. The van der Waals surface area contributed by atoms with Crippen LogP contribution in [0.4, 0.5) is 18.9 Å². The van der Waals surface area contributed by atoms with Gasteiger partial charge in [0.1, 0.15) is 0 Å². The topological polar surface area (TPSA) is 69.6 Å². The average Bonchev–Trinajstić information content (AvgIpc) is 2.77. The maximum Gasteiger partial charge on any atom is 0.390 e. The lowest BCUT2D eigenvalue weighted by Gasteiger charge is -2.09. The van der Waals surface area contributed by atoms with Crippen LogP contribution < -0.4 is 5.73 Å². The number of benzene rings is 1. The van der Waals surface area contributed by atoms with Crippen LogP contribution in [0.3, 0.4) is 0 Å². The molecule has 19 heavy (non-hydrogen) atoms. The summed E-state index contributed by atoms with van der Waals surface area (Å²) in [6.45, 7) is -0.378. The summed E-state index contributed by atoms with van der Waals surface area (Å²) in [6, 6.07) is 4.80. The van der Waals surface area contributed by atoms with E-state index >= 15 is 0 Å². The summed E-state index contributed by atoms with van der Waals surface area (Å²) in [7, 11) is 0. The zero-order valence-corrected chi connectivity index (χ0v) is 10.3.